The van der Waals surface area contributed by atoms with Crippen LogP contribution in [0.3, 0.4) is 0 Å². The molecule has 0 aliphatic carbocycles. The Bertz CT molecular complexity index is 994. The number of ether oxygens (including phenoxy) is 1. The van der Waals surface area contributed by atoms with Gasteiger partial charge in [0.05, 0.1) is 24.0 Å². The lowest BCUT2D eigenvalue weighted by atomic mass is 9.94. The molecule has 0 bridgehead atoms. The van der Waals surface area contributed by atoms with E-state index in [-0.39, 0.29) is 6.04 Å². The SMILES string of the molecule is CNc1cc(C)nc(Nc2cc3c(c(C4=CCN(C)[C@@H](C)[C@H](O)C4)c2F)OCC3)n1. The van der Waals surface area contributed by atoms with Crippen molar-refractivity contribution in [3.05, 3.63) is 40.8 Å². The molecule has 8 heteroatoms. The highest BCUT2D eigenvalue weighted by atomic mass is 19.1. The molecule has 0 radical (unpaired) electrons. The summed E-state index contributed by atoms with van der Waals surface area (Å²) in [6.07, 6.45) is 2.47. The Hall–Kier alpha value is -2.71. The molecule has 2 aromatic rings. The Labute approximate surface area is 176 Å². The number of hydrogen-bond donors (Lipinski definition) is 3. The Balaban J connectivity index is 1.77. The van der Waals surface area contributed by atoms with Crippen LogP contribution < -0.4 is 15.4 Å². The van der Waals surface area contributed by atoms with Gasteiger partial charge in [-0.2, -0.15) is 4.98 Å². The van der Waals surface area contributed by atoms with Crippen LogP contribution in [0.2, 0.25) is 0 Å². The number of likely N-dealkylation sites (N-methyl/N-ethyl adjacent to an activating group) is 1. The lowest BCUT2D eigenvalue weighted by Crippen LogP contribution is -2.37. The third kappa shape index (κ3) is 3.85. The van der Waals surface area contributed by atoms with E-state index in [1.165, 1.54) is 0 Å². The first-order chi connectivity index (χ1) is 14.4. The molecule has 3 heterocycles. The largest absolute Gasteiger partial charge is 0.492 e. The van der Waals surface area contributed by atoms with Gasteiger partial charge in [0, 0.05) is 49.8 Å². The van der Waals surface area contributed by atoms with Gasteiger partial charge in [-0.15, -0.1) is 0 Å². The highest BCUT2D eigenvalue weighted by Crippen LogP contribution is 2.42. The minimum absolute atomic E-state index is 0.0160. The van der Waals surface area contributed by atoms with Gasteiger partial charge in [0.15, 0.2) is 5.82 Å². The van der Waals surface area contributed by atoms with Crippen LogP contribution in [0.4, 0.5) is 21.8 Å². The van der Waals surface area contributed by atoms with E-state index in [4.69, 9.17) is 4.74 Å². The van der Waals surface area contributed by atoms with Crippen molar-refractivity contribution < 1.29 is 14.2 Å². The molecule has 1 aromatic carbocycles. The molecule has 4 rings (SSSR count). The average molecular weight is 413 g/mol. The van der Waals surface area contributed by atoms with Gasteiger partial charge in [-0.05, 0) is 32.5 Å². The van der Waals surface area contributed by atoms with Gasteiger partial charge in [-0.25, -0.2) is 9.37 Å². The van der Waals surface area contributed by atoms with Crippen molar-refractivity contribution in [2.75, 3.05) is 37.9 Å². The van der Waals surface area contributed by atoms with Crippen molar-refractivity contribution in [1.29, 1.82) is 0 Å². The second-order valence-electron chi connectivity index (χ2n) is 7.97. The van der Waals surface area contributed by atoms with E-state index in [0.29, 0.717) is 54.8 Å². The van der Waals surface area contributed by atoms with Crippen molar-refractivity contribution >= 4 is 23.0 Å². The zero-order valence-electron chi connectivity index (χ0n) is 17.8. The molecule has 0 fully saturated rings. The molecule has 0 saturated carbocycles. The van der Waals surface area contributed by atoms with E-state index in [1.54, 1.807) is 13.1 Å². The van der Waals surface area contributed by atoms with Crippen molar-refractivity contribution in [2.24, 2.45) is 0 Å². The summed E-state index contributed by atoms with van der Waals surface area (Å²) in [5, 5.41) is 16.6. The molecule has 2 aliphatic rings. The Morgan fingerprint density at radius 3 is 2.87 bits per heavy atom. The van der Waals surface area contributed by atoms with Crippen LogP contribution in [0.25, 0.3) is 5.57 Å². The summed E-state index contributed by atoms with van der Waals surface area (Å²) in [7, 11) is 3.73. The lowest BCUT2D eigenvalue weighted by molar-refractivity contribution is 0.0866. The molecule has 160 valence electrons. The summed E-state index contributed by atoms with van der Waals surface area (Å²) in [5.41, 5.74) is 3.21. The molecule has 2 aliphatic heterocycles. The smallest absolute Gasteiger partial charge is 0.229 e. The third-order valence-electron chi connectivity index (χ3n) is 5.90. The van der Waals surface area contributed by atoms with Crippen molar-refractivity contribution in [3.63, 3.8) is 0 Å². The number of aliphatic hydroxyl groups excluding tert-OH is 1. The fraction of sp³-hybridized carbons (Fsp3) is 0.455. The summed E-state index contributed by atoms with van der Waals surface area (Å²) in [6, 6.07) is 3.57. The van der Waals surface area contributed by atoms with E-state index in [9.17, 15) is 5.11 Å². The van der Waals surface area contributed by atoms with Gasteiger partial charge < -0.3 is 20.5 Å². The molecule has 3 N–H and O–H groups in total. The van der Waals surface area contributed by atoms with Gasteiger partial charge in [0.1, 0.15) is 11.6 Å². The van der Waals surface area contributed by atoms with Crippen LogP contribution in [0, 0.1) is 12.7 Å². The number of aliphatic hydroxyl groups is 1. The number of nitrogens with zero attached hydrogens (tertiary/aromatic N) is 3. The zero-order valence-corrected chi connectivity index (χ0v) is 17.8. The molecular weight excluding hydrogens is 385 g/mol. The van der Waals surface area contributed by atoms with E-state index in [2.05, 4.69) is 25.5 Å². The fourth-order valence-electron chi connectivity index (χ4n) is 3.96. The monoisotopic (exact) mass is 413 g/mol. The first-order valence-electron chi connectivity index (χ1n) is 10.2. The molecule has 0 amide bonds. The van der Waals surface area contributed by atoms with Gasteiger partial charge >= 0.3 is 0 Å². The number of aryl methyl sites for hydroxylation is 1. The van der Waals surface area contributed by atoms with Crippen molar-refractivity contribution in [1.82, 2.24) is 14.9 Å². The third-order valence-corrected chi connectivity index (χ3v) is 5.90. The summed E-state index contributed by atoms with van der Waals surface area (Å²) >= 11 is 0. The maximum atomic E-state index is 15.8. The summed E-state index contributed by atoms with van der Waals surface area (Å²) in [5.74, 6) is 1.14. The second kappa shape index (κ2) is 8.20. The number of aromatic nitrogens is 2. The minimum atomic E-state index is -0.588. The Morgan fingerprint density at radius 2 is 2.10 bits per heavy atom. The zero-order chi connectivity index (χ0) is 21.4. The lowest BCUT2D eigenvalue weighted by Gasteiger charge is -2.25. The molecule has 0 unspecified atom stereocenters. The standard InChI is InChI=1S/C22H28FN5O2/c1-12-9-18(24-3)27-22(25-12)26-16-10-15-6-8-30-21(15)19(20(16)23)14-5-7-28(4)13(2)17(29)11-14/h5,9-10,13,17,29H,6-8,11H2,1-4H3,(H2,24,25,26,27)/t13-,17+/m0/s1. The number of hydrogen-bond acceptors (Lipinski definition) is 7. The average Bonchev–Trinajstić information content (AvgIpc) is 3.13. The van der Waals surface area contributed by atoms with Crippen LogP contribution in [0.1, 0.15) is 30.2 Å². The Kier molecular flexibility index (Phi) is 5.62. The predicted octanol–water partition coefficient (Wildman–Crippen LogP) is 3.11. The maximum absolute atomic E-state index is 15.8. The van der Waals surface area contributed by atoms with Gasteiger partial charge in [-0.1, -0.05) is 6.08 Å². The molecule has 0 spiro atoms. The number of nitrogens with one attached hydrogen (secondary N) is 2. The maximum Gasteiger partial charge on any atom is 0.229 e. The molecule has 1 aromatic heterocycles. The van der Waals surface area contributed by atoms with Crippen LogP contribution in [-0.2, 0) is 6.42 Å². The summed E-state index contributed by atoms with van der Waals surface area (Å²) in [6.45, 7) is 4.99. The number of halogens is 1. The summed E-state index contributed by atoms with van der Waals surface area (Å²) in [4.78, 5) is 10.8. The minimum Gasteiger partial charge on any atom is -0.492 e. The van der Waals surface area contributed by atoms with Gasteiger partial charge in [0.25, 0.3) is 0 Å². The van der Waals surface area contributed by atoms with E-state index in [0.717, 1.165) is 16.8 Å². The normalized spacial score (nSPS) is 21.5. The van der Waals surface area contributed by atoms with E-state index in [1.807, 2.05) is 33.0 Å². The molecule has 7 nitrogen and oxygen atoms in total. The molecule has 0 saturated heterocycles. The fourth-order valence-corrected chi connectivity index (χ4v) is 3.96. The number of fused-ring (bicyclic) bond motifs is 1. The summed E-state index contributed by atoms with van der Waals surface area (Å²) < 4.78 is 21.6. The molecule has 30 heavy (non-hydrogen) atoms. The molecular formula is C22H28FN5O2. The van der Waals surface area contributed by atoms with Crippen LogP contribution in [0.5, 0.6) is 5.75 Å². The number of benzene rings is 1. The highest BCUT2D eigenvalue weighted by molar-refractivity contribution is 5.78. The first-order valence-corrected chi connectivity index (χ1v) is 10.2. The predicted molar refractivity (Wildman–Crippen MR) is 116 cm³/mol. The van der Waals surface area contributed by atoms with Crippen LogP contribution >= 0.6 is 0 Å². The number of anilines is 3. The van der Waals surface area contributed by atoms with Crippen molar-refractivity contribution in [2.45, 2.75) is 38.8 Å². The van der Waals surface area contributed by atoms with Crippen molar-refractivity contribution in [3.8, 4) is 5.75 Å². The number of rotatable bonds is 4. The van der Waals surface area contributed by atoms with E-state index < -0.39 is 11.9 Å². The topological polar surface area (TPSA) is 82.5 Å². The van der Waals surface area contributed by atoms with Crippen LogP contribution in [-0.4, -0.2) is 59.4 Å². The van der Waals surface area contributed by atoms with Gasteiger partial charge in [0.2, 0.25) is 5.95 Å². The first kappa shape index (κ1) is 20.6. The quantitative estimate of drug-likeness (QED) is 0.710. The van der Waals surface area contributed by atoms with Crippen LogP contribution in [0.15, 0.2) is 18.2 Å². The highest BCUT2D eigenvalue weighted by Gasteiger charge is 2.30. The van der Waals surface area contributed by atoms with E-state index >= 15 is 4.39 Å². The van der Waals surface area contributed by atoms with Gasteiger partial charge in [-0.3, -0.25) is 4.90 Å². The molecule has 2 atom stereocenters. The second-order valence-corrected chi connectivity index (χ2v) is 7.97. The Morgan fingerprint density at radius 1 is 1.30 bits per heavy atom.